The summed E-state index contributed by atoms with van der Waals surface area (Å²) in [4.78, 5) is 24.5. The molecule has 1 rings (SSSR count). The van der Waals surface area contributed by atoms with Crippen molar-refractivity contribution >= 4 is 5.97 Å². The summed E-state index contributed by atoms with van der Waals surface area (Å²) in [7, 11) is 2.21. The van der Waals surface area contributed by atoms with Crippen LogP contribution in [0, 0.1) is 0 Å². The van der Waals surface area contributed by atoms with E-state index in [1.54, 1.807) is 0 Å². The molecule has 0 fully saturated rings. The fourth-order valence-electron chi connectivity index (χ4n) is 1.26. The SMILES string of the molecule is COC(=O)Cc1cc(OC)c(OC(F)(F)F)c(=O)[nH]1. The second-order valence-electron chi connectivity index (χ2n) is 3.32. The number of carbonyl (C=O) groups is 1. The Hall–Kier alpha value is -2.19. The number of H-pyrrole nitrogens is 1. The van der Waals surface area contributed by atoms with Crippen LogP contribution in [-0.4, -0.2) is 31.5 Å². The quantitative estimate of drug-likeness (QED) is 0.833. The molecule has 0 unspecified atom stereocenters. The summed E-state index contributed by atoms with van der Waals surface area (Å²) >= 11 is 0. The van der Waals surface area contributed by atoms with Gasteiger partial charge in [0.1, 0.15) is 0 Å². The normalized spacial score (nSPS) is 11.0. The van der Waals surface area contributed by atoms with Gasteiger partial charge < -0.3 is 19.2 Å². The van der Waals surface area contributed by atoms with Crippen molar-refractivity contribution in [2.75, 3.05) is 14.2 Å². The van der Waals surface area contributed by atoms with Crippen molar-refractivity contribution in [1.82, 2.24) is 4.98 Å². The summed E-state index contributed by atoms with van der Waals surface area (Å²) in [5.74, 6) is -2.12. The van der Waals surface area contributed by atoms with Gasteiger partial charge in [-0.1, -0.05) is 0 Å². The summed E-state index contributed by atoms with van der Waals surface area (Å²) in [6.07, 6.45) is -5.33. The zero-order chi connectivity index (χ0) is 14.6. The lowest BCUT2D eigenvalue weighted by atomic mass is 10.2. The standard InChI is InChI=1S/C10H10F3NO5/c1-17-6-3-5(4-7(15)18-2)14-9(16)8(6)19-10(11,12)13/h3H,4H2,1-2H3,(H,14,16). The van der Waals surface area contributed by atoms with E-state index < -0.39 is 29.4 Å². The van der Waals surface area contributed by atoms with Crippen LogP contribution in [0.4, 0.5) is 13.2 Å². The highest BCUT2D eigenvalue weighted by Crippen LogP contribution is 2.28. The topological polar surface area (TPSA) is 77.6 Å². The van der Waals surface area contributed by atoms with Gasteiger partial charge in [0.15, 0.2) is 5.75 Å². The maximum Gasteiger partial charge on any atom is 0.573 e. The first-order valence-corrected chi connectivity index (χ1v) is 4.89. The van der Waals surface area contributed by atoms with Gasteiger partial charge in [-0.25, -0.2) is 0 Å². The Bertz CT molecular complexity index is 523. The molecule has 0 aliphatic heterocycles. The lowest BCUT2D eigenvalue weighted by Gasteiger charge is -2.12. The lowest BCUT2D eigenvalue weighted by Crippen LogP contribution is -2.24. The molecule has 0 radical (unpaired) electrons. The van der Waals surface area contributed by atoms with Crippen LogP contribution in [0.1, 0.15) is 5.69 Å². The number of halogens is 3. The molecule has 0 amide bonds. The Labute approximate surface area is 105 Å². The number of methoxy groups -OCH3 is 2. The number of pyridine rings is 1. The highest BCUT2D eigenvalue weighted by Gasteiger charge is 2.34. The van der Waals surface area contributed by atoms with Crippen molar-refractivity contribution in [1.29, 1.82) is 0 Å². The molecule has 0 atom stereocenters. The van der Waals surface area contributed by atoms with Crippen LogP contribution in [0.5, 0.6) is 11.5 Å². The number of alkyl halides is 3. The monoisotopic (exact) mass is 281 g/mol. The minimum absolute atomic E-state index is 0.0447. The van der Waals surface area contributed by atoms with Crippen LogP contribution in [0.15, 0.2) is 10.9 Å². The summed E-state index contributed by atoms with van der Waals surface area (Å²) in [5.41, 5.74) is -1.11. The van der Waals surface area contributed by atoms with Crippen molar-refractivity contribution in [2.45, 2.75) is 12.8 Å². The Morgan fingerprint density at radius 3 is 2.47 bits per heavy atom. The molecule has 0 aliphatic rings. The summed E-state index contributed by atoms with van der Waals surface area (Å²) in [6.45, 7) is 0. The van der Waals surface area contributed by atoms with Gasteiger partial charge in [0, 0.05) is 11.8 Å². The number of nitrogens with one attached hydrogen (secondary N) is 1. The first kappa shape index (κ1) is 14.9. The van der Waals surface area contributed by atoms with E-state index in [2.05, 4.69) is 19.2 Å². The number of hydrogen-bond acceptors (Lipinski definition) is 5. The van der Waals surface area contributed by atoms with Gasteiger partial charge in [-0.05, 0) is 0 Å². The highest BCUT2D eigenvalue weighted by atomic mass is 19.4. The predicted octanol–water partition coefficient (Wildman–Crippen LogP) is 0.998. The van der Waals surface area contributed by atoms with Gasteiger partial charge in [-0.15, -0.1) is 13.2 Å². The third kappa shape index (κ3) is 4.19. The molecular formula is C10H10F3NO5. The zero-order valence-corrected chi connectivity index (χ0v) is 9.96. The molecule has 1 aromatic rings. The van der Waals surface area contributed by atoms with Gasteiger partial charge in [0.25, 0.3) is 5.56 Å². The fraction of sp³-hybridized carbons (Fsp3) is 0.400. The highest BCUT2D eigenvalue weighted by molar-refractivity contribution is 5.72. The average Bonchev–Trinajstić information content (AvgIpc) is 2.30. The largest absolute Gasteiger partial charge is 0.573 e. The molecular weight excluding hydrogens is 271 g/mol. The smallest absolute Gasteiger partial charge is 0.493 e. The molecule has 106 valence electrons. The number of hydrogen-bond donors (Lipinski definition) is 1. The molecule has 9 heteroatoms. The molecule has 0 aromatic carbocycles. The third-order valence-corrected chi connectivity index (χ3v) is 2.01. The summed E-state index contributed by atoms with van der Waals surface area (Å²) in [6, 6.07) is 1.05. The first-order chi connectivity index (χ1) is 8.76. The van der Waals surface area contributed by atoms with E-state index in [1.165, 1.54) is 0 Å². The van der Waals surface area contributed by atoms with E-state index in [9.17, 15) is 22.8 Å². The molecule has 1 heterocycles. The van der Waals surface area contributed by atoms with Crippen LogP contribution < -0.4 is 15.0 Å². The minimum Gasteiger partial charge on any atom is -0.493 e. The van der Waals surface area contributed by atoms with E-state index in [0.29, 0.717) is 0 Å². The molecule has 0 aliphatic carbocycles. The number of ether oxygens (including phenoxy) is 3. The zero-order valence-electron chi connectivity index (χ0n) is 9.96. The minimum atomic E-state index is -5.02. The molecule has 1 N–H and O–H groups in total. The Kier molecular flexibility index (Phi) is 4.41. The van der Waals surface area contributed by atoms with Gasteiger partial charge in [0.05, 0.1) is 20.6 Å². The van der Waals surface area contributed by atoms with Crippen molar-refractivity contribution in [3.63, 3.8) is 0 Å². The molecule has 0 saturated carbocycles. The Morgan fingerprint density at radius 1 is 1.37 bits per heavy atom. The number of rotatable bonds is 4. The van der Waals surface area contributed by atoms with Crippen molar-refractivity contribution < 1.29 is 32.2 Å². The number of aromatic amines is 1. The van der Waals surface area contributed by atoms with E-state index in [-0.39, 0.29) is 12.1 Å². The van der Waals surface area contributed by atoms with E-state index >= 15 is 0 Å². The van der Waals surface area contributed by atoms with E-state index in [1.807, 2.05) is 0 Å². The van der Waals surface area contributed by atoms with Gasteiger partial charge in [-0.2, -0.15) is 0 Å². The molecule has 0 spiro atoms. The molecule has 0 saturated heterocycles. The Balaban J connectivity index is 3.15. The van der Waals surface area contributed by atoms with Crippen molar-refractivity contribution in [3.8, 4) is 11.5 Å². The van der Waals surface area contributed by atoms with Crippen molar-refractivity contribution in [3.05, 3.63) is 22.1 Å². The predicted molar refractivity (Wildman–Crippen MR) is 56.0 cm³/mol. The van der Waals surface area contributed by atoms with Crippen LogP contribution in [0.3, 0.4) is 0 Å². The van der Waals surface area contributed by atoms with Gasteiger partial charge in [-0.3, -0.25) is 9.59 Å². The van der Waals surface area contributed by atoms with Gasteiger partial charge >= 0.3 is 12.3 Å². The molecule has 1 aromatic heterocycles. The fourth-order valence-corrected chi connectivity index (χ4v) is 1.26. The molecule has 0 bridgehead atoms. The van der Waals surface area contributed by atoms with Crippen LogP contribution in [0.25, 0.3) is 0 Å². The van der Waals surface area contributed by atoms with Crippen LogP contribution in [-0.2, 0) is 16.0 Å². The van der Waals surface area contributed by atoms with E-state index in [0.717, 1.165) is 20.3 Å². The maximum atomic E-state index is 12.1. The number of aromatic nitrogens is 1. The summed E-state index contributed by atoms with van der Waals surface area (Å²) in [5, 5.41) is 0. The van der Waals surface area contributed by atoms with Gasteiger partial charge in [0.2, 0.25) is 5.75 Å². The summed E-state index contributed by atoms with van der Waals surface area (Å²) < 4.78 is 48.8. The maximum absolute atomic E-state index is 12.1. The second-order valence-corrected chi connectivity index (χ2v) is 3.32. The van der Waals surface area contributed by atoms with Crippen LogP contribution in [0.2, 0.25) is 0 Å². The third-order valence-electron chi connectivity index (χ3n) is 2.01. The molecule has 6 nitrogen and oxygen atoms in total. The second kappa shape index (κ2) is 5.63. The first-order valence-electron chi connectivity index (χ1n) is 4.89. The van der Waals surface area contributed by atoms with Crippen LogP contribution >= 0.6 is 0 Å². The van der Waals surface area contributed by atoms with E-state index in [4.69, 9.17) is 0 Å². The molecule has 19 heavy (non-hydrogen) atoms. The van der Waals surface area contributed by atoms with Crippen molar-refractivity contribution in [2.24, 2.45) is 0 Å². The Morgan fingerprint density at radius 2 is 2.00 bits per heavy atom. The lowest BCUT2D eigenvalue weighted by molar-refractivity contribution is -0.275. The number of carbonyl (C=O) groups excluding carboxylic acids is 1. The average molecular weight is 281 g/mol. The number of esters is 1.